The molecule has 0 unspecified atom stereocenters. The minimum absolute atomic E-state index is 0.155. The molecule has 1 aliphatic heterocycles. The Labute approximate surface area is 160 Å². The molecule has 1 heterocycles. The summed E-state index contributed by atoms with van der Waals surface area (Å²) in [6, 6.07) is 16.7. The standard InChI is InChI=1S/C20H24N2O4S/c1-27(24,25)22-18-9-5-6-16(14-18)19(23)21-15-20(10-12-26-13-11-20)17-7-3-2-4-8-17/h2-9,14,22H,10-13,15H2,1H3,(H,21,23). The van der Waals surface area contributed by atoms with Gasteiger partial charge in [-0.3, -0.25) is 9.52 Å². The summed E-state index contributed by atoms with van der Waals surface area (Å²) in [5.41, 5.74) is 1.83. The monoisotopic (exact) mass is 388 g/mol. The highest BCUT2D eigenvalue weighted by Crippen LogP contribution is 2.34. The van der Waals surface area contributed by atoms with E-state index in [1.807, 2.05) is 18.2 Å². The Morgan fingerprint density at radius 3 is 2.44 bits per heavy atom. The van der Waals surface area contributed by atoms with E-state index in [1.165, 1.54) is 11.6 Å². The third-order valence-corrected chi connectivity index (χ3v) is 5.46. The summed E-state index contributed by atoms with van der Waals surface area (Å²) in [5, 5.41) is 3.03. The van der Waals surface area contributed by atoms with Crippen LogP contribution in [0.2, 0.25) is 0 Å². The summed E-state index contributed by atoms with van der Waals surface area (Å²) in [4.78, 5) is 12.7. The first-order valence-corrected chi connectivity index (χ1v) is 10.8. The van der Waals surface area contributed by atoms with Gasteiger partial charge in [-0.25, -0.2) is 8.42 Å². The van der Waals surface area contributed by atoms with Gasteiger partial charge in [0.1, 0.15) is 0 Å². The van der Waals surface area contributed by atoms with Crippen LogP contribution in [-0.4, -0.2) is 40.3 Å². The lowest BCUT2D eigenvalue weighted by Gasteiger charge is -2.38. The van der Waals surface area contributed by atoms with E-state index < -0.39 is 10.0 Å². The van der Waals surface area contributed by atoms with E-state index in [2.05, 4.69) is 22.2 Å². The van der Waals surface area contributed by atoms with Gasteiger partial charge in [0.15, 0.2) is 0 Å². The fourth-order valence-corrected chi connectivity index (χ4v) is 3.97. The Morgan fingerprint density at radius 2 is 1.78 bits per heavy atom. The van der Waals surface area contributed by atoms with Gasteiger partial charge in [-0.05, 0) is 36.6 Å². The Hall–Kier alpha value is -2.38. The van der Waals surface area contributed by atoms with Crippen molar-refractivity contribution in [3.05, 3.63) is 65.7 Å². The van der Waals surface area contributed by atoms with Crippen LogP contribution in [-0.2, 0) is 20.2 Å². The molecule has 0 atom stereocenters. The number of benzene rings is 2. The lowest BCUT2D eigenvalue weighted by molar-refractivity contribution is 0.0487. The molecule has 0 radical (unpaired) electrons. The van der Waals surface area contributed by atoms with Crippen molar-refractivity contribution in [2.24, 2.45) is 0 Å². The number of carbonyl (C=O) groups excluding carboxylic acids is 1. The van der Waals surface area contributed by atoms with Crippen molar-refractivity contribution >= 4 is 21.6 Å². The van der Waals surface area contributed by atoms with Crippen LogP contribution in [0, 0.1) is 0 Å². The fourth-order valence-electron chi connectivity index (χ4n) is 3.41. The Bertz CT molecular complexity index is 891. The highest BCUT2D eigenvalue weighted by atomic mass is 32.2. The van der Waals surface area contributed by atoms with E-state index in [0.29, 0.717) is 31.0 Å². The lowest BCUT2D eigenvalue weighted by atomic mass is 9.74. The van der Waals surface area contributed by atoms with Crippen molar-refractivity contribution < 1.29 is 17.9 Å². The van der Waals surface area contributed by atoms with E-state index >= 15 is 0 Å². The number of nitrogens with one attached hydrogen (secondary N) is 2. The van der Waals surface area contributed by atoms with Crippen molar-refractivity contribution in [2.45, 2.75) is 18.3 Å². The highest BCUT2D eigenvalue weighted by Gasteiger charge is 2.34. The number of anilines is 1. The van der Waals surface area contributed by atoms with Crippen LogP contribution in [0.15, 0.2) is 54.6 Å². The first-order valence-electron chi connectivity index (χ1n) is 8.87. The molecule has 7 heteroatoms. The molecule has 144 valence electrons. The molecular weight excluding hydrogens is 364 g/mol. The van der Waals surface area contributed by atoms with Crippen LogP contribution < -0.4 is 10.0 Å². The molecule has 2 aromatic carbocycles. The molecule has 1 amide bonds. The van der Waals surface area contributed by atoms with Crippen molar-refractivity contribution in [1.82, 2.24) is 5.32 Å². The molecular formula is C20H24N2O4S. The largest absolute Gasteiger partial charge is 0.381 e. The highest BCUT2D eigenvalue weighted by molar-refractivity contribution is 7.92. The zero-order valence-electron chi connectivity index (χ0n) is 15.3. The molecule has 0 bridgehead atoms. The van der Waals surface area contributed by atoms with Gasteiger partial charge in [-0.2, -0.15) is 0 Å². The first-order chi connectivity index (χ1) is 12.9. The number of rotatable bonds is 6. The van der Waals surface area contributed by atoms with Gasteiger partial charge in [0, 0.05) is 36.4 Å². The molecule has 0 aliphatic carbocycles. The second kappa shape index (κ2) is 8.10. The molecule has 0 saturated carbocycles. The molecule has 0 aromatic heterocycles. The maximum atomic E-state index is 12.7. The van der Waals surface area contributed by atoms with Crippen LogP contribution in [0.5, 0.6) is 0 Å². The van der Waals surface area contributed by atoms with Gasteiger partial charge in [-0.1, -0.05) is 36.4 Å². The molecule has 3 rings (SSSR count). The van der Waals surface area contributed by atoms with Crippen LogP contribution in [0.4, 0.5) is 5.69 Å². The number of amides is 1. The molecule has 1 fully saturated rings. The third-order valence-electron chi connectivity index (χ3n) is 4.85. The zero-order valence-corrected chi connectivity index (χ0v) is 16.1. The van der Waals surface area contributed by atoms with Crippen molar-refractivity contribution in [1.29, 1.82) is 0 Å². The van der Waals surface area contributed by atoms with Crippen LogP contribution in [0.3, 0.4) is 0 Å². The summed E-state index contributed by atoms with van der Waals surface area (Å²) >= 11 is 0. The Morgan fingerprint density at radius 1 is 1.07 bits per heavy atom. The predicted octanol–water partition coefficient (Wildman–Crippen LogP) is 2.54. The maximum absolute atomic E-state index is 12.7. The molecule has 1 saturated heterocycles. The molecule has 1 aliphatic rings. The number of hydrogen-bond acceptors (Lipinski definition) is 4. The number of hydrogen-bond donors (Lipinski definition) is 2. The summed E-state index contributed by atoms with van der Waals surface area (Å²) in [6.07, 6.45) is 2.76. The minimum Gasteiger partial charge on any atom is -0.381 e. The van der Waals surface area contributed by atoms with Crippen molar-refractivity contribution in [3.63, 3.8) is 0 Å². The second-order valence-corrected chi connectivity index (χ2v) is 8.64. The molecule has 0 spiro atoms. The van der Waals surface area contributed by atoms with Gasteiger partial charge in [0.25, 0.3) is 5.91 Å². The van der Waals surface area contributed by atoms with Gasteiger partial charge in [0.2, 0.25) is 10.0 Å². The van der Waals surface area contributed by atoms with Gasteiger partial charge in [0.05, 0.1) is 6.26 Å². The van der Waals surface area contributed by atoms with Crippen molar-refractivity contribution in [2.75, 3.05) is 30.7 Å². The quantitative estimate of drug-likeness (QED) is 0.796. The van der Waals surface area contributed by atoms with Gasteiger partial charge < -0.3 is 10.1 Å². The topological polar surface area (TPSA) is 84.5 Å². The molecule has 2 aromatic rings. The summed E-state index contributed by atoms with van der Waals surface area (Å²) in [7, 11) is -3.39. The van der Waals surface area contributed by atoms with Crippen LogP contribution >= 0.6 is 0 Å². The summed E-state index contributed by atoms with van der Waals surface area (Å²) in [6.45, 7) is 1.83. The smallest absolute Gasteiger partial charge is 0.251 e. The maximum Gasteiger partial charge on any atom is 0.251 e. The average molecular weight is 388 g/mol. The minimum atomic E-state index is -3.39. The molecule has 27 heavy (non-hydrogen) atoms. The average Bonchev–Trinajstić information content (AvgIpc) is 2.66. The van der Waals surface area contributed by atoms with E-state index in [4.69, 9.17) is 4.74 Å². The number of sulfonamides is 1. The summed E-state index contributed by atoms with van der Waals surface area (Å²) < 4.78 is 30.7. The van der Waals surface area contributed by atoms with E-state index in [-0.39, 0.29) is 11.3 Å². The zero-order chi connectivity index (χ0) is 19.3. The number of ether oxygens (including phenoxy) is 1. The fraction of sp³-hybridized carbons (Fsp3) is 0.350. The number of carbonyl (C=O) groups is 1. The second-order valence-electron chi connectivity index (χ2n) is 6.90. The Balaban J connectivity index is 1.74. The lowest BCUT2D eigenvalue weighted by Crippen LogP contribution is -2.44. The normalized spacial score (nSPS) is 16.5. The van der Waals surface area contributed by atoms with Crippen LogP contribution in [0.25, 0.3) is 0 Å². The predicted molar refractivity (Wildman–Crippen MR) is 105 cm³/mol. The van der Waals surface area contributed by atoms with Gasteiger partial charge >= 0.3 is 0 Å². The third kappa shape index (κ3) is 5.08. The SMILES string of the molecule is CS(=O)(=O)Nc1cccc(C(=O)NCC2(c3ccccc3)CCOCC2)c1. The summed E-state index contributed by atoms with van der Waals surface area (Å²) in [5.74, 6) is -0.228. The van der Waals surface area contributed by atoms with Gasteiger partial charge in [-0.15, -0.1) is 0 Å². The molecule has 6 nitrogen and oxygen atoms in total. The van der Waals surface area contributed by atoms with E-state index in [9.17, 15) is 13.2 Å². The van der Waals surface area contributed by atoms with E-state index in [0.717, 1.165) is 19.1 Å². The Kier molecular flexibility index (Phi) is 5.82. The first kappa shape index (κ1) is 19.4. The van der Waals surface area contributed by atoms with Crippen molar-refractivity contribution in [3.8, 4) is 0 Å². The van der Waals surface area contributed by atoms with Crippen LogP contribution in [0.1, 0.15) is 28.8 Å². The molecule has 2 N–H and O–H groups in total. The van der Waals surface area contributed by atoms with E-state index in [1.54, 1.807) is 18.2 Å².